The number of halogens is 1. The predicted octanol–water partition coefficient (Wildman–Crippen LogP) is 2.26. The first-order valence-electron chi connectivity index (χ1n) is 7.57. The van der Waals surface area contributed by atoms with Crippen molar-refractivity contribution in [3.8, 4) is 0 Å². The molecule has 3 N–H and O–H groups in total. The van der Waals surface area contributed by atoms with Crippen LogP contribution in [0.4, 0.5) is 10.1 Å². The maximum absolute atomic E-state index is 12.8. The first kappa shape index (κ1) is 20.0. The number of hydrogen-bond donors (Lipinski definition) is 3. The Bertz CT molecular complexity index is 566. The quantitative estimate of drug-likeness (QED) is 0.559. The lowest BCUT2D eigenvalue weighted by Gasteiger charge is -2.14. The number of thioether (sulfide) groups is 1. The second-order valence-electron chi connectivity index (χ2n) is 5.00. The van der Waals surface area contributed by atoms with Gasteiger partial charge in [-0.1, -0.05) is 6.92 Å². The van der Waals surface area contributed by atoms with Crippen molar-refractivity contribution in [3.63, 3.8) is 0 Å². The van der Waals surface area contributed by atoms with Gasteiger partial charge in [-0.05, 0) is 42.2 Å². The highest BCUT2D eigenvalue weighted by atomic mass is 32.2. The van der Waals surface area contributed by atoms with E-state index in [2.05, 4.69) is 10.6 Å². The summed E-state index contributed by atoms with van der Waals surface area (Å²) < 4.78 is 12.8. The van der Waals surface area contributed by atoms with Gasteiger partial charge in [-0.2, -0.15) is 11.8 Å². The van der Waals surface area contributed by atoms with Gasteiger partial charge in [-0.3, -0.25) is 9.59 Å². The molecule has 1 unspecified atom stereocenters. The lowest BCUT2D eigenvalue weighted by atomic mass is 10.2. The average Bonchev–Trinajstić information content (AvgIpc) is 2.54. The van der Waals surface area contributed by atoms with Crippen LogP contribution in [-0.2, 0) is 14.4 Å². The molecule has 0 aromatic heterocycles. The zero-order valence-corrected chi connectivity index (χ0v) is 14.2. The molecule has 1 aromatic rings. The van der Waals surface area contributed by atoms with Gasteiger partial charge in [0.15, 0.2) is 0 Å². The minimum Gasteiger partial charge on any atom is -0.480 e. The summed E-state index contributed by atoms with van der Waals surface area (Å²) in [6.45, 7) is 1.97. The predicted molar refractivity (Wildman–Crippen MR) is 91.4 cm³/mol. The molecular weight excluding hydrogens is 335 g/mol. The Morgan fingerprint density at radius 2 is 1.79 bits per heavy atom. The molecule has 0 radical (unpaired) electrons. The van der Waals surface area contributed by atoms with E-state index >= 15 is 0 Å². The minimum atomic E-state index is -1.09. The molecule has 0 saturated heterocycles. The Balaban J connectivity index is 2.36. The van der Waals surface area contributed by atoms with E-state index in [0.717, 1.165) is 5.75 Å². The van der Waals surface area contributed by atoms with Crippen molar-refractivity contribution in [2.24, 2.45) is 0 Å². The van der Waals surface area contributed by atoms with Gasteiger partial charge in [0, 0.05) is 18.5 Å². The van der Waals surface area contributed by atoms with Crippen molar-refractivity contribution in [2.45, 2.75) is 32.2 Å². The molecule has 0 heterocycles. The number of benzene rings is 1. The van der Waals surface area contributed by atoms with Crippen molar-refractivity contribution >= 4 is 35.2 Å². The third-order valence-corrected chi connectivity index (χ3v) is 4.03. The number of anilines is 1. The molecule has 0 saturated carbocycles. The second kappa shape index (κ2) is 10.6. The topological polar surface area (TPSA) is 95.5 Å². The molecule has 1 rings (SSSR count). The lowest BCUT2D eigenvalue weighted by molar-refractivity contribution is -0.141. The van der Waals surface area contributed by atoms with Crippen LogP contribution in [0.5, 0.6) is 0 Å². The molecule has 0 spiro atoms. The Morgan fingerprint density at radius 3 is 2.38 bits per heavy atom. The van der Waals surface area contributed by atoms with Crippen LogP contribution in [0.2, 0.25) is 0 Å². The molecular formula is C16H21FN2O4S. The summed E-state index contributed by atoms with van der Waals surface area (Å²) in [6.07, 6.45) is 0.137. The number of carbonyl (C=O) groups excluding carboxylic acids is 2. The van der Waals surface area contributed by atoms with Crippen molar-refractivity contribution in [2.75, 3.05) is 16.8 Å². The summed E-state index contributed by atoms with van der Waals surface area (Å²) in [6, 6.07) is 4.32. The summed E-state index contributed by atoms with van der Waals surface area (Å²) in [5, 5.41) is 14.0. The second-order valence-corrected chi connectivity index (χ2v) is 6.39. The number of nitrogens with one attached hydrogen (secondary N) is 2. The number of hydrogen-bond acceptors (Lipinski definition) is 4. The average molecular weight is 356 g/mol. The van der Waals surface area contributed by atoms with Crippen molar-refractivity contribution in [1.29, 1.82) is 0 Å². The van der Waals surface area contributed by atoms with Gasteiger partial charge in [0.05, 0.1) is 0 Å². The molecule has 0 fully saturated rings. The molecule has 1 aromatic carbocycles. The summed E-state index contributed by atoms with van der Waals surface area (Å²) in [7, 11) is 0. The highest BCUT2D eigenvalue weighted by Gasteiger charge is 2.19. The monoisotopic (exact) mass is 356 g/mol. The number of amides is 2. The molecule has 2 amide bonds. The first-order valence-corrected chi connectivity index (χ1v) is 8.73. The maximum Gasteiger partial charge on any atom is 0.326 e. The van der Waals surface area contributed by atoms with Gasteiger partial charge in [0.1, 0.15) is 11.9 Å². The Kier molecular flexibility index (Phi) is 8.85. The summed E-state index contributed by atoms with van der Waals surface area (Å²) >= 11 is 1.60. The highest BCUT2D eigenvalue weighted by Crippen LogP contribution is 2.09. The zero-order valence-electron chi connectivity index (χ0n) is 13.4. The standard InChI is InChI=1S/C16H21FN2O4S/c1-2-24-10-9-13(16(22)23)19-15(21)8-7-14(20)18-12-5-3-11(17)4-6-12/h3-6,13H,2,7-10H2,1H3,(H,18,20)(H,19,21)(H,22,23). The number of carbonyl (C=O) groups is 3. The van der Waals surface area contributed by atoms with Gasteiger partial charge in [-0.15, -0.1) is 0 Å². The summed E-state index contributed by atoms with van der Waals surface area (Å²) in [5.74, 6) is -0.865. The Labute approximate surface area is 144 Å². The van der Waals surface area contributed by atoms with Crippen LogP contribution in [0.15, 0.2) is 24.3 Å². The Hall–Kier alpha value is -2.09. The molecule has 1 atom stereocenters. The third kappa shape index (κ3) is 7.96. The normalized spacial score (nSPS) is 11.6. The summed E-state index contributed by atoms with van der Waals surface area (Å²) in [5.41, 5.74) is 0.432. The fourth-order valence-electron chi connectivity index (χ4n) is 1.85. The molecule has 6 nitrogen and oxygen atoms in total. The Morgan fingerprint density at radius 1 is 1.17 bits per heavy atom. The van der Waals surface area contributed by atoms with Crippen LogP contribution in [0, 0.1) is 5.82 Å². The summed E-state index contributed by atoms with van der Waals surface area (Å²) in [4.78, 5) is 34.6. The van der Waals surface area contributed by atoms with E-state index in [0.29, 0.717) is 17.9 Å². The van der Waals surface area contributed by atoms with Gasteiger partial charge in [0.25, 0.3) is 0 Å². The van der Waals surface area contributed by atoms with Crippen LogP contribution in [-0.4, -0.2) is 40.4 Å². The number of rotatable bonds is 10. The molecule has 0 aliphatic carbocycles. The largest absolute Gasteiger partial charge is 0.480 e. The van der Waals surface area contributed by atoms with Crippen LogP contribution in [0.3, 0.4) is 0 Å². The molecule has 0 aliphatic heterocycles. The van der Waals surface area contributed by atoms with E-state index in [4.69, 9.17) is 5.11 Å². The minimum absolute atomic E-state index is 0.0841. The molecule has 132 valence electrons. The number of carboxylic acids is 1. The maximum atomic E-state index is 12.8. The fourth-order valence-corrected chi connectivity index (χ4v) is 2.54. The number of carboxylic acid groups (broad SMARTS) is 1. The van der Waals surface area contributed by atoms with Crippen molar-refractivity contribution < 1.29 is 23.9 Å². The molecule has 8 heteroatoms. The van der Waals surface area contributed by atoms with E-state index in [1.54, 1.807) is 11.8 Å². The van der Waals surface area contributed by atoms with E-state index < -0.39 is 29.6 Å². The molecule has 0 aliphatic rings. The van der Waals surface area contributed by atoms with E-state index in [9.17, 15) is 18.8 Å². The van der Waals surface area contributed by atoms with Crippen molar-refractivity contribution in [3.05, 3.63) is 30.1 Å². The lowest BCUT2D eigenvalue weighted by Crippen LogP contribution is -2.41. The van der Waals surface area contributed by atoms with Crippen LogP contribution in [0.25, 0.3) is 0 Å². The van der Waals surface area contributed by atoms with E-state index in [1.165, 1.54) is 24.3 Å². The molecule has 24 heavy (non-hydrogen) atoms. The van der Waals surface area contributed by atoms with Crippen LogP contribution < -0.4 is 10.6 Å². The number of aliphatic carboxylic acids is 1. The first-order chi connectivity index (χ1) is 11.4. The van der Waals surface area contributed by atoms with Gasteiger partial charge < -0.3 is 15.7 Å². The smallest absolute Gasteiger partial charge is 0.326 e. The van der Waals surface area contributed by atoms with Crippen molar-refractivity contribution in [1.82, 2.24) is 5.32 Å². The van der Waals surface area contributed by atoms with Crippen LogP contribution in [0.1, 0.15) is 26.2 Å². The van der Waals surface area contributed by atoms with Gasteiger partial charge in [0.2, 0.25) is 11.8 Å². The van der Waals surface area contributed by atoms with Gasteiger partial charge >= 0.3 is 5.97 Å². The van der Waals surface area contributed by atoms with Crippen LogP contribution >= 0.6 is 11.8 Å². The zero-order chi connectivity index (χ0) is 17.9. The SMILES string of the molecule is CCSCCC(NC(=O)CCC(=O)Nc1ccc(F)cc1)C(=O)O. The molecule has 0 bridgehead atoms. The van der Waals surface area contributed by atoms with E-state index in [1.807, 2.05) is 6.92 Å². The van der Waals surface area contributed by atoms with Gasteiger partial charge in [-0.25, -0.2) is 9.18 Å². The van der Waals surface area contributed by atoms with E-state index in [-0.39, 0.29) is 12.8 Å². The highest BCUT2D eigenvalue weighted by molar-refractivity contribution is 7.99. The third-order valence-electron chi connectivity index (χ3n) is 3.10. The fraction of sp³-hybridized carbons (Fsp3) is 0.438.